The van der Waals surface area contributed by atoms with Crippen molar-refractivity contribution in [3.05, 3.63) is 40.8 Å². The maximum atomic E-state index is 12.1. The number of anilines is 2. The molecule has 1 aromatic heterocycles. The molecule has 1 amide bonds. The zero-order chi connectivity index (χ0) is 18.6. The minimum Gasteiger partial charge on any atom is -0.361 e. The molecule has 0 saturated carbocycles. The van der Waals surface area contributed by atoms with E-state index in [2.05, 4.69) is 15.2 Å². The minimum atomic E-state index is -3.33. The standard InChI is InChI=1S/C17H23N3O4S/c1-5-25(22,23)20-16-8-6-14(10-11(16)2)18-17(21)9-7-15-12(3)19-24-13(15)4/h6,8,10,20H,5,7,9H2,1-4H3,(H,18,21). The summed E-state index contributed by atoms with van der Waals surface area (Å²) in [6, 6.07) is 5.06. The number of benzene rings is 1. The fourth-order valence-corrected chi connectivity index (χ4v) is 3.12. The lowest BCUT2D eigenvalue weighted by atomic mass is 10.1. The first-order valence-electron chi connectivity index (χ1n) is 8.04. The Labute approximate surface area is 147 Å². The van der Waals surface area contributed by atoms with Crippen LogP contribution < -0.4 is 10.0 Å². The highest BCUT2D eigenvalue weighted by Gasteiger charge is 2.12. The Bertz CT molecular complexity index is 853. The molecule has 0 aliphatic rings. The van der Waals surface area contributed by atoms with Crippen molar-refractivity contribution in [2.45, 2.75) is 40.5 Å². The second-order valence-corrected chi connectivity index (χ2v) is 7.90. The summed E-state index contributed by atoms with van der Waals surface area (Å²) in [4.78, 5) is 12.1. The van der Waals surface area contributed by atoms with Crippen LogP contribution in [0, 0.1) is 20.8 Å². The number of sulfonamides is 1. The zero-order valence-corrected chi connectivity index (χ0v) is 15.7. The van der Waals surface area contributed by atoms with Gasteiger partial charge in [-0.15, -0.1) is 0 Å². The van der Waals surface area contributed by atoms with Crippen molar-refractivity contribution in [2.75, 3.05) is 15.8 Å². The zero-order valence-electron chi connectivity index (χ0n) is 14.8. The van der Waals surface area contributed by atoms with Gasteiger partial charge in [-0.3, -0.25) is 9.52 Å². The Morgan fingerprint density at radius 1 is 1.24 bits per heavy atom. The highest BCUT2D eigenvalue weighted by atomic mass is 32.2. The third kappa shape index (κ3) is 5.06. The van der Waals surface area contributed by atoms with Crippen LogP contribution in [0.15, 0.2) is 22.7 Å². The van der Waals surface area contributed by atoms with Gasteiger partial charge in [-0.1, -0.05) is 5.16 Å². The molecule has 0 atom stereocenters. The number of amides is 1. The van der Waals surface area contributed by atoms with Gasteiger partial charge in [-0.2, -0.15) is 0 Å². The average Bonchev–Trinajstić information content (AvgIpc) is 2.86. The number of nitrogens with zero attached hydrogens (tertiary/aromatic N) is 1. The van der Waals surface area contributed by atoms with Crippen LogP contribution in [0.1, 0.15) is 35.9 Å². The summed E-state index contributed by atoms with van der Waals surface area (Å²) in [7, 11) is -3.33. The molecule has 8 heteroatoms. The molecular weight excluding hydrogens is 342 g/mol. The number of aryl methyl sites for hydroxylation is 3. The van der Waals surface area contributed by atoms with E-state index in [1.165, 1.54) is 0 Å². The maximum absolute atomic E-state index is 12.1. The first-order valence-corrected chi connectivity index (χ1v) is 9.70. The summed E-state index contributed by atoms with van der Waals surface area (Å²) < 4.78 is 30.9. The van der Waals surface area contributed by atoms with E-state index in [-0.39, 0.29) is 11.7 Å². The number of carbonyl (C=O) groups is 1. The highest BCUT2D eigenvalue weighted by molar-refractivity contribution is 7.92. The second-order valence-electron chi connectivity index (χ2n) is 5.89. The van der Waals surface area contributed by atoms with Crippen molar-refractivity contribution in [3.63, 3.8) is 0 Å². The van der Waals surface area contributed by atoms with E-state index in [1.54, 1.807) is 32.0 Å². The maximum Gasteiger partial charge on any atom is 0.232 e. The summed E-state index contributed by atoms with van der Waals surface area (Å²) >= 11 is 0. The van der Waals surface area contributed by atoms with Gasteiger partial charge in [-0.25, -0.2) is 8.42 Å². The van der Waals surface area contributed by atoms with Crippen LogP contribution in [0.4, 0.5) is 11.4 Å². The number of aromatic nitrogens is 1. The second kappa shape index (κ2) is 7.69. The van der Waals surface area contributed by atoms with Gasteiger partial charge in [0.1, 0.15) is 5.76 Å². The number of hydrogen-bond donors (Lipinski definition) is 2. The van der Waals surface area contributed by atoms with Gasteiger partial charge < -0.3 is 9.84 Å². The predicted octanol–water partition coefficient (Wildman–Crippen LogP) is 2.93. The van der Waals surface area contributed by atoms with Crippen LogP contribution in [0.25, 0.3) is 0 Å². The van der Waals surface area contributed by atoms with Crippen LogP contribution in [0.3, 0.4) is 0 Å². The van der Waals surface area contributed by atoms with Gasteiger partial charge in [0, 0.05) is 17.7 Å². The first kappa shape index (κ1) is 19.0. The fraction of sp³-hybridized carbons (Fsp3) is 0.412. The molecule has 25 heavy (non-hydrogen) atoms. The van der Waals surface area contributed by atoms with Crippen LogP contribution in [0.5, 0.6) is 0 Å². The fourth-order valence-electron chi connectivity index (χ4n) is 2.42. The van der Waals surface area contributed by atoms with Crippen molar-refractivity contribution in [3.8, 4) is 0 Å². The highest BCUT2D eigenvalue weighted by Crippen LogP contribution is 2.21. The van der Waals surface area contributed by atoms with Gasteiger partial charge in [0.15, 0.2) is 0 Å². The summed E-state index contributed by atoms with van der Waals surface area (Å²) in [6.45, 7) is 7.04. The molecule has 0 saturated heterocycles. The third-order valence-corrected chi connectivity index (χ3v) is 5.23. The van der Waals surface area contributed by atoms with Crippen LogP contribution in [-0.2, 0) is 21.2 Å². The normalized spacial score (nSPS) is 11.4. The largest absolute Gasteiger partial charge is 0.361 e. The minimum absolute atomic E-state index is 0.00658. The molecule has 2 aromatic rings. The van der Waals surface area contributed by atoms with Crippen molar-refractivity contribution < 1.29 is 17.7 Å². The molecule has 0 spiro atoms. The predicted molar refractivity (Wildman–Crippen MR) is 97.2 cm³/mol. The van der Waals surface area contributed by atoms with Crippen LogP contribution in [0.2, 0.25) is 0 Å². The van der Waals surface area contributed by atoms with E-state index in [0.29, 0.717) is 24.2 Å². The molecule has 0 radical (unpaired) electrons. The Hall–Kier alpha value is -2.35. The molecule has 2 rings (SSSR count). The van der Waals surface area contributed by atoms with Crippen molar-refractivity contribution in [1.82, 2.24) is 5.16 Å². The van der Waals surface area contributed by atoms with E-state index < -0.39 is 10.0 Å². The van der Waals surface area contributed by atoms with Gasteiger partial charge in [0.25, 0.3) is 0 Å². The molecule has 136 valence electrons. The van der Waals surface area contributed by atoms with Crippen LogP contribution in [-0.4, -0.2) is 25.2 Å². The average molecular weight is 365 g/mol. The Balaban J connectivity index is 1.98. The lowest BCUT2D eigenvalue weighted by molar-refractivity contribution is -0.116. The summed E-state index contributed by atoms with van der Waals surface area (Å²) in [5.74, 6) is 0.613. The van der Waals surface area contributed by atoms with Gasteiger partial charge in [0.05, 0.1) is 17.1 Å². The van der Waals surface area contributed by atoms with Crippen molar-refractivity contribution in [1.29, 1.82) is 0 Å². The van der Waals surface area contributed by atoms with E-state index in [4.69, 9.17) is 4.52 Å². The van der Waals surface area contributed by atoms with E-state index >= 15 is 0 Å². The van der Waals surface area contributed by atoms with E-state index in [9.17, 15) is 13.2 Å². The van der Waals surface area contributed by atoms with E-state index in [0.717, 1.165) is 22.6 Å². The van der Waals surface area contributed by atoms with Gasteiger partial charge in [0.2, 0.25) is 15.9 Å². The molecule has 0 aliphatic carbocycles. The molecule has 1 aromatic carbocycles. The smallest absolute Gasteiger partial charge is 0.232 e. The summed E-state index contributed by atoms with van der Waals surface area (Å²) in [5.41, 5.74) is 3.63. The first-order chi connectivity index (χ1) is 11.7. The molecule has 0 bridgehead atoms. The molecule has 7 nitrogen and oxygen atoms in total. The molecular formula is C17H23N3O4S. The van der Waals surface area contributed by atoms with Crippen molar-refractivity contribution >= 4 is 27.3 Å². The molecule has 2 N–H and O–H groups in total. The SMILES string of the molecule is CCS(=O)(=O)Nc1ccc(NC(=O)CCc2c(C)noc2C)cc1C. The van der Waals surface area contributed by atoms with E-state index in [1.807, 2.05) is 13.8 Å². The third-order valence-electron chi connectivity index (χ3n) is 3.94. The van der Waals surface area contributed by atoms with Gasteiger partial charge in [-0.05, 0) is 57.9 Å². The number of rotatable bonds is 7. The lowest BCUT2D eigenvalue weighted by Gasteiger charge is -2.11. The van der Waals surface area contributed by atoms with Gasteiger partial charge >= 0.3 is 0 Å². The summed E-state index contributed by atoms with van der Waals surface area (Å²) in [5, 5.41) is 6.69. The number of carbonyl (C=O) groups excluding carboxylic acids is 1. The Morgan fingerprint density at radius 3 is 2.52 bits per heavy atom. The number of nitrogens with one attached hydrogen (secondary N) is 2. The molecule has 0 unspecified atom stereocenters. The molecule has 0 fully saturated rings. The monoisotopic (exact) mass is 365 g/mol. The quantitative estimate of drug-likeness (QED) is 0.785. The summed E-state index contributed by atoms with van der Waals surface area (Å²) in [6.07, 6.45) is 0.868. The topological polar surface area (TPSA) is 101 Å². The molecule has 1 heterocycles. The number of hydrogen-bond acceptors (Lipinski definition) is 5. The van der Waals surface area contributed by atoms with Crippen molar-refractivity contribution in [2.24, 2.45) is 0 Å². The molecule has 0 aliphatic heterocycles. The Morgan fingerprint density at radius 2 is 1.96 bits per heavy atom. The Kier molecular flexibility index (Phi) is 5.84. The lowest BCUT2D eigenvalue weighted by Crippen LogP contribution is -2.16. The van der Waals surface area contributed by atoms with Crippen LogP contribution >= 0.6 is 0 Å².